The maximum Gasteiger partial charge on any atom is 0.317 e. The zero-order chi connectivity index (χ0) is 18.0. The fraction of sp³-hybridized carbons (Fsp3) is 0.682. The first-order valence-corrected chi connectivity index (χ1v) is 10.4. The van der Waals surface area contributed by atoms with Gasteiger partial charge in [0, 0.05) is 4.32 Å². The van der Waals surface area contributed by atoms with Crippen LogP contribution in [0.25, 0.3) is 0 Å². The highest BCUT2D eigenvalue weighted by atomic mass is 79.9. The molecule has 3 heteroatoms. The van der Waals surface area contributed by atoms with Crippen LogP contribution in [-0.2, 0) is 10.2 Å². The van der Waals surface area contributed by atoms with E-state index >= 15 is 0 Å². The van der Waals surface area contributed by atoms with Crippen molar-refractivity contribution in [3.05, 3.63) is 29.3 Å². The third-order valence-electron chi connectivity index (χ3n) is 6.67. The number of esters is 1. The van der Waals surface area contributed by atoms with E-state index in [1.54, 1.807) is 0 Å². The second kappa shape index (κ2) is 5.58. The quantitative estimate of drug-likeness (QED) is 0.346. The Labute approximate surface area is 159 Å². The van der Waals surface area contributed by atoms with Crippen LogP contribution in [0.2, 0.25) is 0 Å². The van der Waals surface area contributed by atoms with Crippen molar-refractivity contribution in [2.45, 2.75) is 76.0 Å². The number of carbonyl (C=O) groups is 1. The third-order valence-corrected chi connectivity index (χ3v) is 7.59. The van der Waals surface area contributed by atoms with Gasteiger partial charge in [-0.15, -0.1) is 0 Å². The van der Waals surface area contributed by atoms with Gasteiger partial charge in [0.15, 0.2) is 0 Å². The van der Waals surface area contributed by atoms with Gasteiger partial charge >= 0.3 is 5.97 Å². The van der Waals surface area contributed by atoms with Gasteiger partial charge in [0.05, 0.1) is 5.41 Å². The van der Waals surface area contributed by atoms with Crippen LogP contribution < -0.4 is 4.74 Å². The predicted octanol–water partition coefficient (Wildman–Crippen LogP) is 5.93. The Hall–Kier alpha value is -0.830. The lowest BCUT2D eigenvalue weighted by Gasteiger charge is -2.58. The number of ether oxygens (including phenoxy) is 1. The number of hydrogen-bond donors (Lipinski definition) is 0. The summed E-state index contributed by atoms with van der Waals surface area (Å²) < 4.78 is 6.16. The van der Waals surface area contributed by atoms with Crippen molar-refractivity contribution in [3.8, 4) is 5.75 Å². The summed E-state index contributed by atoms with van der Waals surface area (Å²) in [6.07, 6.45) is 6.77. The maximum absolute atomic E-state index is 13.2. The standard InChI is InChI=1S/C22H29BrO2/c1-14-7-17(20(2,3)4)5-6-18(14)25-19(24)21-9-15-8-16(10-21)12-22(23,11-15)13-21/h5-7,15-16H,8-13H2,1-4H3/t15-,16+,21?,22?. The highest BCUT2D eigenvalue weighted by Gasteiger charge is 2.60. The molecule has 4 saturated carbocycles. The van der Waals surface area contributed by atoms with E-state index in [2.05, 4.69) is 48.8 Å². The summed E-state index contributed by atoms with van der Waals surface area (Å²) in [5.41, 5.74) is 2.18. The van der Waals surface area contributed by atoms with E-state index in [1.807, 2.05) is 13.0 Å². The fourth-order valence-corrected chi connectivity index (χ4v) is 7.28. The van der Waals surface area contributed by atoms with Gasteiger partial charge in [0.2, 0.25) is 0 Å². The molecule has 25 heavy (non-hydrogen) atoms. The summed E-state index contributed by atoms with van der Waals surface area (Å²) in [7, 11) is 0. The van der Waals surface area contributed by atoms with Gasteiger partial charge in [0.1, 0.15) is 5.75 Å². The van der Waals surface area contributed by atoms with Crippen molar-refractivity contribution < 1.29 is 9.53 Å². The maximum atomic E-state index is 13.2. The Morgan fingerprint density at radius 1 is 1.16 bits per heavy atom. The zero-order valence-electron chi connectivity index (χ0n) is 15.8. The lowest BCUT2D eigenvalue weighted by molar-refractivity contribution is -0.159. The van der Waals surface area contributed by atoms with E-state index in [0.717, 1.165) is 30.6 Å². The monoisotopic (exact) mass is 404 g/mol. The minimum absolute atomic E-state index is 0.0111. The smallest absolute Gasteiger partial charge is 0.317 e. The first kappa shape index (κ1) is 17.6. The molecule has 2 nitrogen and oxygen atoms in total. The number of alkyl halides is 1. The summed E-state index contributed by atoms with van der Waals surface area (Å²) in [5.74, 6) is 2.13. The van der Waals surface area contributed by atoms with Crippen LogP contribution in [0.5, 0.6) is 5.75 Å². The topological polar surface area (TPSA) is 26.3 Å². The van der Waals surface area contributed by atoms with Crippen molar-refractivity contribution in [2.75, 3.05) is 0 Å². The van der Waals surface area contributed by atoms with E-state index in [9.17, 15) is 4.79 Å². The van der Waals surface area contributed by atoms with Gasteiger partial charge in [-0.1, -0.05) is 48.8 Å². The molecule has 0 heterocycles. The van der Waals surface area contributed by atoms with Gasteiger partial charge in [-0.2, -0.15) is 0 Å². The van der Waals surface area contributed by atoms with E-state index in [0.29, 0.717) is 11.8 Å². The van der Waals surface area contributed by atoms with Crippen LogP contribution in [0, 0.1) is 24.2 Å². The van der Waals surface area contributed by atoms with E-state index in [-0.39, 0.29) is 21.1 Å². The zero-order valence-corrected chi connectivity index (χ0v) is 17.4. The van der Waals surface area contributed by atoms with E-state index in [4.69, 9.17) is 4.74 Å². The van der Waals surface area contributed by atoms with Crippen molar-refractivity contribution in [3.63, 3.8) is 0 Å². The van der Waals surface area contributed by atoms with Crippen LogP contribution in [0.3, 0.4) is 0 Å². The summed E-state index contributed by atoms with van der Waals surface area (Å²) in [4.78, 5) is 13.2. The Bertz CT molecular complexity index is 701. The molecule has 0 N–H and O–H groups in total. The van der Waals surface area contributed by atoms with Gasteiger partial charge < -0.3 is 4.74 Å². The molecule has 5 rings (SSSR count). The van der Waals surface area contributed by atoms with Crippen LogP contribution >= 0.6 is 15.9 Å². The highest BCUT2D eigenvalue weighted by molar-refractivity contribution is 9.10. The number of aryl methyl sites for hydroxylation is 1. The highest BCUT2D eigenvalue weighted by Crippen LogP contribution is 2.64. The second-order valence-corrected chi connectivity index (χ2v) is 11.7. The molecular formula is C22H29BrO2. The minimum atomic E-state index is -0.261. The molecule has 136 valence electrons. The number of hydrogen-bond acceptors (Lipinski definition) is 2. The van der Waals surface area contributed by atoms with Crippen LogP contribution in [0.4, 0.5) is 0 Å². The average molecular weight is 405 g/mol. The lowest BCUT2D eigenvalue weighted by atomic mass is 9.49. The molecular weight excluding hydrogens is 376 g/mol. The normalized spacial score (nSPS) is 36.5. The summed E-state index contributed by atoms with van der Waals surface area (Å²) in [5, 5.41) is 0. The first-order chi connectivity index (χ1) is 11.6. The number of benzene rings is 1. The van der Waals surface area contributed by atoms with Crippen molar-refractivity contribution in [1.29, 1.82) is 0 Å². The molecule has 0 aromatic heterocycles. The molecule has 0 saturated heterocycles. The van der Waals surface area contributed by atoms with E-state index in [1.165, 1.54) is 24.8 Å². The van der Waals surface area contributed by atoms with E-state index < -0.39 is 0 Å². The Kier molecular flexibility index (Phi) is 3.92. The summed E-state index contributed by atoms with van der Waals surface area (Å²) in [6, 6.07) is 6.24. The van der Waals surface area contributed by atoms with Crippen LogP contribution in [0.15, 0.2) is 18.2 Å². The first-order valence-electron chi connectivity index (χ1n) is 9.61. The van der Waals surface area contributed by atoms with Crippen molar-refractivity contribution in [2.24, 2.45) is 17.3 Å². The molecule has 0 spiro atoms. The molecule has 4 aliphatic rings. The molecule has 0 aliphatic heterocycles. The lowest BCUT2D eigenvalue weighted by Crippen LogP contribution is -2.56. The molecule has 4 atom stereocenters. The van der Waals surface area contributed by atoms with Crippen molar-refractivity contribution >= 4 is 21.9 Å². The number of carbonyl (C=O) groups excluding carboxylic acids is 1. The molecule has 0 amide bonds. The molecule has 1 aromatic carbocycles. The fourth-order valence-electron chi connectivity index (χ4n) is 5.83. The van der Waals surface area contributed by atoms with Crippen molar-refractivity contribution in [1.82, 2.24) is 0 Å². The SMILES string of the molecule is Cc1cc(C(C)(C)C)ccc1OC(=O)C12C[C@@H]3C[C@@H](CC(Br)(C3)C1)C2. The van der Waals surface area contributed by atoms with Gasteiger partial charge in [0.25, 0.3) is 0 Å². The molecule has 4 aliphatic carbocycles. The molecule has 4 fully saturated rings. The Balaban J connectivity index is 1.57. The number of rotatable bonds is 2. The molecule has 0 radical (unpaired) electrons. The van der Waals surface area contributed by atoms with Gasteiger partial charge in [-0.25, -0.2) is 0 Å². The van der Waals surface area contributed by atoms with Crippen LogP contribution in [-0.4, -0.2) is 10.3 Å². The summed E-state index contributed by atoms with van der Waals surface area (Å²) >= 11 is 3.98. The van der Waals surface area contributed by atoms with Gasteiger partial charge in [-0.3, -0.25) is 4.79 Å². The second-order valence-electron chi connectivity index (χ2n) is 10.0. The Morgan fingerprint density at radius 2 is 1.80 bits per heavy atom. The third kappa shape index (κ3) is 3.07. The predicted molar refractivity (Wildman–Crippen MR) is 104 cm³/mol. The molecule has 1 aromatic rings. The minimum Gasteiger partial charge on any atom is -0.426 e. The largest absolute Gasteiger partial charge is 0.426 e. The molecule has 2 unspecified atom stereocenters. The van der Waals surface area contributed by atoms with Gasteiger partial charge in [-0.05, 0) is 79.9 Å². The van der Waals surface area contributed by atoms with Crippen LogP contribution in [0.1, 0.15) is 70.4 Å². The molecule has 4 bridgehead atoms. The summed E-state index contributed by atoms with van der Waals surface area (Å²) in [6.45, 7) is 8.67. The Morgan fingerprint density at radius 3 is 2.32 bits per heavy atom. The number of halogens is 1. The average Bonchev–Trinajstić information content (AvgIpc) is 2.45.